The molecule has 0 aliphatic rings. The molecule has 0 radical (unpaired) electrons. The van der Waals surface area contributed by atoms with Gasteiger partial charge in [-0.3, -0.25) is 14.4 Å². The zero-order valence-electron chi connectivity index (χ0n) is 17.3. The van der Waals surface area contributed by atoms with Crippen molar-refractivity contribution in [1.82, 2.24) is 5.32 Å². The van der Waals surface area contributed by atoms with E-state index in [4.69, 9.17) is 4.74 Å². The van der Waals surface area contributed by atoms with Crippen LogP contribution in [0.15, 0.2) is 47.4 Å². The van der Waals surface area contributed by atoms with Gasteiger partial charge in [0.05, 0.1) is 12.5 Å². The molecule has 0 fully saturated rings. The average molecular weight is 414 g/mol. The van der Waals surface area contributed by atoms with E-state index in [1.807, 2.05) is 57.4 Å². The number of hydrogen-bond donors (Lipinski definition) is 1. The molecule has 1 unspecified atom stereocenters. The van der Waals surface area contributed by atoms with Crippen LogP contribution in [0.1, 0.15) is 52.9 Å². The zero-order valence-corrected chi connectivity index (χ0v) is 18.1. The van der Waals surface area contributed by atoms with Crippen molar-refractivity contribution in [3.8, 4) is 0 Å². The summed E-state index contributed by atoms with van der Waals surface area (Å²) in [6.45, 7) is 5.58. The number of nitrogens with one attached hydrogen (secondary N) is 1. The predicted molar refractivity (Wildman–Crippen MR) is 115 cm³/mol. The third kappa shape index (κ3) is 7.06. The molecule has 29 heavy (non-hydrogen) atoms. The second-order valence-corrected chi connectivity index (χ2v) is 7.82. The number of esters is 1. The topological polar surface area (TPSA) is 72.5 Å². The molecule has 5 nitrogen and oxygen atoms in total. The lowest BCUT2D eigenvalue weighted by Crippen LogP contribution is -2.31. The largest absolute Gasteiger partial charge is 0.456 e. The van der Waals surface area contributed by atoms with Crippen molar-refractivity contribution in [3.05, 3.63) is 64.7 Å². The first kappa shape index (κ1) is 22.7. The molecule has 0 spiro atoms. The third-order valence-corrected chi connectivity index (χ3v) is 5.48. The second kappa shape index (κ2) is 10.8. The van der Waals surface area contributed by atoms with Gasteiger partial charge in [0.15, 0.2) is 12.4 Å². The lowest BCUT2D eigenvalue weighted by atomic mass is 10.0. The van der Waals surface area contributed by atoms with Gasteiger partial charge in [0, 0.05) is 16.9 Å². The molecule has 1 atom stereocenters. The zero-order chi connectivity index (χ0) is 21.4. The van der Waals surface area contributed by atoms with Crippen LogP contribution in [0.4, 0.5) is 0 Å². The van der Waals surface area contributed by atoms with Gasteiger partial charge in [0.25, 0.3) is 5.91 Å². The van der Waals surface area contributed by atoms with E-state index in [1.165, 1.54) is 5.56 Å². The lowest BCUT2D eigenvalue weighted by Gasteiger charge is -2.15. The fourth-order valence-electron chi connectivity index (χ4n) is 2.76. The van der Waals surface area contributed by atoms with E-state index in [1.54, 1.807) is 23.9 Å². The minimum Gasteiger partial charge on any atom is -0.456 e. The summed E-state index contributed by atoms with van der Waals surface area (Å²) in [5, 5.41) is 2.81. The van der Waals surface area contributed by atoms with E-state index in [-0.39, 0.29) is 37.2 Å². The van der Waals surface area contributed by atoms with Crippen LogP contribution in [-0.4, -0.2) is 30.5 Å². The molecule has 1 amide bonds. The molecule has 0 saturated heterocycles. The van der Waals surface area contributed by atoms with Crippen LogP contribution in [-0.2, 0) is 14.3 Å². The van der Waals surface area contributed by atoms with Crippen LogP contribution in [0.25, 0.3) is 0 Å². The molecular weight excluding hydrogens is 386 g/mol. The van der Waals surface area contributed by atoms with Gasteiger partial charge in [-0.25, -0.2) is 0 Å². The molecule has 0 bridgehead atoms. The van der Waals surface area contributed by atoms with E-state index in [0.29, 0.717) is 5.56 Å². The molecule has 1 N–H and O–H groups in total. The van der Waals surface area contributed by atoms with E-state index in [9.17, 15) is 14.4 Å². The monoisotopic (exact) mass is 413 g/mol. The summed E-state index contributed by atoms with van der Waals surface area (Å²) in [5.74, 6) is -1.06. The molecule has 154 valence electrons. The van der Waals surface area contributed by atoms with Crippen LogP contribution in [0.3, 0.4) is 0 Å². The molecule has 2 aromatic rings. The first-order valence-electron chi connectivity index (χ1n) is 9.49. The van der Waals surface area contributed by atoms with Gasteiger partial charge in [-0.15, -0.1) is 11.8 Å². The standard InChI is InChI=1S/C23H27NO4S/c1-15-5-6-19(13-16(15)2)17(3)24-22(26)14-28-23(27)12-11-21(25)18-7-9-20(29-4)10-8-18/h5-10,13,17H,11-12,14H2,1-4H3,(H,24,26). The molecule has 0 aliphatic carbocycles. The number of thioether (sulfide) groups is 1. The second-order valence-electron chi connectivity index (χ2n) is 6.95. The first-order valence-corrected chi connectivity index (χ1v) is 10.7. The highest BCUT2D eigenvalue weighted by molar-refractivity contribution is 7.98. The number of benzene rings is 2. The molecule has 2 rings (SSSR count). The lowest BCUT2D eigenvalue weighted by molar-refractivity contribution is -0.148. The summed E-state index contributed by atoms with van der Waals surface area (Å²) in [5.41, 5.74) is 3.90. The summed E-state index contributed by atoms with van der Waals surface area (Å²) in [4.78, 5) is 37.1. The quantitative estimate of drug-likeness (QED) is 0.375. The maximum atomic E-state index is 12.1. The number of hydrogen-bond acceptors (Lipinski definition) is 5. The summed E-state index contributed by atoms with van der Waals surface area (Å²) >= 11 is 1.60. The Kier molecular flexibility index (Phi) is 8.46. The molecule has 6 heteroatoms. The number of carbonyl (C=O) groups excluding carboxylic acids is 3. The Labute approximate surface area is 176 Å². The Hall–Kier alpha value is -2.60. The van der Waals surface area contributed by atoms with Gasteiger partial charge >= 0.3 is 5.97 Å². The van der Waals surface area contributed by atoms with Crippen molar-refractivity contribution < 1.29 is 19.1 Å². The maximum Gasteiger partial charge on any atom is 0.306 e. The van der Waals surface area contributed by atoms with Crippen LogP contribution < -0.4 is 5.32 Å². The maximum absolute atomic E-state index is 12.1. The predicted octanol–water partition coefficient (Wildman–Crippen LogP) is 4.41. The summed E-state index contributed by atoms with van der Waals surface area (Å²) in [7, 11) is 0. The van der Waals surface area contributed by atoms with E-state index in [0.717, 1.165) is 16.0 Å². The number of aryl methyl sites for hydroxylation is 2. The van der Waals surface area contributed by atoms with Crippen LogP contribution in [0.2, 0.25) is 0 Å². The van der Waals surface area contributed by atoms with Gasteiger partial charge in [0.1, 0.15) is 0 Å². The van der Waals surface area contributed by atoms with Crippen molar-refractivity contribution in [3.63, 3.8) is 0 Å². The SMILES string of the molecule is CSc1ccc(C(=O)CCC(=O)OCC(=O)NC(C)c2ccc(C)c(C)c2)cc1. The average Bonchev–Trinajstić information content (AvgIpc) is 2.72. The van der Waals surface area contributed by atoms with Gasteiger partial charge in [-0.1, -0.05) is 30.3 Å². The van der Waals surface area contributed by atoms with E-state index < -0.39 is 5.97 Å². The molecule has 0 saturated carbocycles. The van der Waals surface area contributed by atoms with Crippen molar-refractivity contribution in [2.75, 3.05) is 12.9 Å². The number of Topliss-reactive ketones (excluding diaryl/α,β-unsaturated/α-hetero) is 1. The Balaban J connectivity index is 1.74. The fourth-order valence-corrected chi connectivity index (χ4v) is 3.16. The molecule has 0 heterocycles. The first-order chi connectivity index (χ1) is 13.8. The molecular formula is C23H27NO4S. The summed E-state index contributed by atoms with van der Waals surface area (Å²) in [6.07, 6.45) is 1.97. The highest BCUT2D eigenvalue weighted by atomic mass is 32.2. The van der Waals surface area contributed by atoms with Crippen LogP contribution in [0, 0.1) is 13.8 Å². The van der Waals surface area contributed by atoms with E-state index in [2.05, 4.69) is 5.32 Å². The minimum atomic E-state index is -0.562. The van der Waals surface area contributed by atoms with Crippen molar-refractivity contribution >= 4 is 29.4 Å². The highest BCUT2D eigenvalue weighted by Crippen LogP contribution is 2.17. The van der Waals surface area contributed by atoms with Crippen molar-refractivity contribution in [2.24, 2.45) is 0 Å². The number of rotatable bonds is 9. The van der Waals surface area contributed by atoms with Gasteiger partial charge < -0.3 is 10.1 Å². The fraction of sp³-hybridized carbons (Fsp3) is 0.348. The number of amides is 1. The van der Waals surface area contributed by atoms with Crippen LogP contribution >= 0.6 is 11.8 Å². The normalized spacial score (nSPS) is 11.6. The number of carbonyl (C=O) groups is 3. The van der Waals surface area contributed by atoms with Crippen molar-refractivity contribution in [1.29, 1.82) is 0 Å². The van der Waals surface area contributed by atoms with Crippen LogP contribution in [0.5, 0.6) is 0 Å². The van der Waals surface area contributed by atoms with E-state index >= 15 is 0 Å². The Morgan fingerprint density at radius 2 is 1.69 bits per heavy atom. The highest BCUT2D eigenvalue weighted by Gasteiger charge is 2.14. The molecule has 2 aromatic carbocycles. The van der Waals surface area contributed by atoms with Gasteiger partial charge in [-0.05, 0) is 55.9 Å². The Bertz CT molecular complexity index is 877. The number of ketones is 1. The van der Waals surface area contributed by atoms with Crippen molar-refractivity contribution in [2.45, 2.75) is 44.6 Å². The molecule has 0 aliphatic heterocycles. The Morgan fingerprint density at radius 3 is 2.31 bits per heavy atom. The van der Waals surface area contributed by atoms with Gasteiger partial charge in [-0.2, -0.15) is 0 Å². The summed E-state index contributed by atoms with van der Waals surface area (Å²) < 4.78 is 5.00. The third-order valence-electron chi connectivity index (χ3n) is 4.74. The summed E-state index contributed by atoms with van der Waals surface area (Å²) in [6, 6.07) is 13.1. The Morgan fingerprint density at radius 1 is 1.00 bits per heavy atom. The molecule has 0 aromatic heterocycles. The minimum absolute atomic E-state index is 0.0525. The number of ether oxygens (including phenoxy) is 1. The van der Waals surface area contributed by atoms with Gasteiger partial charge in [0.2, 0.25) is 0 Å². The smallest absolute Gasteiger partial charge is 0.306 e.